The summed E-state index contributed by atoms with van der Waals surface area (Å²) in [5, 5.41) is 0. The molecule has 0 aliphatic carbocycles. The Bertz CT molecular complexity index is 664. The van der Waals surface area contributed by atoms with Gasteiger partial charge < -0.3 is 4.83 Å². The van der Waals surface area contributed by atoms with Crippen LogP contribution < -0.4 is 4.68 Å². The minimum atomic E-state index is -3.67. The molecule has 5 heteroatoms. The predicted molar refractivity (Wildman–Crippen MR) is 73.1 cm³/mol. The lowest BCUT2D eigenvalue weighted by molar-refractivity contribution is -0.614. The first-order valence-corrected chi connectivity index (χ1v) is 7.50. The van der Waals surface area contributed by atoms with Gasteiger partial charge in [0.15, 0.2) is 22.4 Å². The van der Waals surface area contributed by atoms with Crippen LogP contribution in [0, 0.1) is 6.92 Å². The lowest BCUT2D eigenvalue weighted by atomic mass is 10.2. The molecule has 0 radical (unpaired) electrons. The molecule has 100 valence electrons. The molecule has 0 aliphatic rings. The second kappa shape index (κ2) is 5.40. The number of benzene rings is 1. The van der Waals surface area contributed by atoms with Crippen molar-refractivity contribution in [1.29, 1.82) is 0 Å². The number of hydrogen-bond donors (Lipinski definition) is 0. The van der Waals surface area contributed by atoms with Gasteiger partial charge in [0.2, 0.25) is 0 Å². The highest BCUT2D eigenvalue weighted by molar-refractivity contribution is 7.93. The Kier molecular flexibility index (Phi) is 3.85. The zero-order valence-electron chi connectivity index (χ0n) is 10.9. The maximum Gasteiger partial charge on any atom is 0.168 e. The van der Waals surface area contributed by atoms with Gasteiger partial charge in [-0.15, -0.1) is 0 Å². The van der Waals surface area contributed by atoms with E-state index in [0.29, 0.717) is 0 Å². The minimum Gasteiger partial charge on any atom is -0.318 e. The van der Waals surface area contributed by atoms with Crippen LogP contribution >= 0.6 is 0 Å². The van der Waals surface area contributed by atoms with Gasteiger partial charge in [0, 0.05) is 11.6 Å². The number of nitrogens with zero attached hydrogens (tertiary/aromatic N) is 2. The van der Waals surface area contributed by atoms with Crippen molar-refractivity contribution in [3.8, 4) is 0 Å². The molecule has 0 saturated carbocycles. The second-order valence-electron chi connectivity index (χ2n) is 4.32. The number of aryl methyl sites for hydroxylation is 2. The van der Waals surface area contributed by atoms with E-state index in [0.717, 1.165) is 17.5 Å². The summed E-state index contributed by atoms with van der Waals surface area (Å²) in [6, 6.07) is 10.4. The second-order valence-corrected chi connectivity index (χ2v) is 5.90. The Morgan fingerprint density at radius 3 is 2.47 bits per heavy atom. The summed E-state index contributed by atoms with van der Waals surface area (Å²) in [7, 11) is -3.67. The third kappa shape index (κ3) is 3.32. The highest BCUT2D eigenvalue weighted by Crippen LogP contribution is 2.15. The molecule has 0 N–H and O–H groups in total. The average molecular weight is 276 g/mol. The summed E-state index contributed by atoms with van der Waals surface area (Å²) in [5.74, 6) is 0. The topological polar surface area (TPSA) is 52.1 Å². The number of rotatable bonds is 4. The molecule has 0 aliphatic heterocycles. The Morgan fingerprint density at radius 2 is 1.84 bits per heavy atom. The Balaban J connectivity index is 2.28. The summed E-state index contributed by atoms with van der Waals surface area (Å²) in [4.78, 5) is 3.99. The fourth-order valence-electron chi connectivity index (χ4n) is 1.65. The number of aromatic nitrogens is 1. The molecular weight excluding hydrogens is 260 g/mol. The largest absolute Gasteiger partial charge is 0.318 e. The maximum absolute atomic E-state index is 12.1. The molecule has 4 nitrogen and oxygen atoms in total. The van der Waals surface area contributed by atoms with Crippen molar-refractivity contribution in [3.05, 3.63) is 64.7 Å². The van der Waals surface area contributed by atoms with Crippen LogP contribution in [-0.2, 0) is 16.4 Å². The van der Waals surface area contributed by atoms with Gasteiger partial charge in [0.1, 0.15) is 0 Å². The number of sulfonamides is 1. The van der Waals surface area contributed by atoms with Crippen molar-refractivity contribution in [3.63, 3.8) is 0 Å². The number of hydrogen-bond acceptors (Lipinski definition) is 2. The van der Waals surface area contributed by atoms with Gasteiger partial charge in [-0.2, -0.15) is 0 Å². The van der Waals surface area contributed by atoms with Crippen LogP contribution in [0.25, 0.3) is 4.83 Å². The summed E-state index contributed by atoms with van der Waals surface area (Å²) in [5.41, 5.74) is 2.05. The fourth-order valence-corrected chi connectivity index (χ4v) is 2.58. The first-order valence-electron chi connectivity index (χ1n) is 6.06. The Hall–Kier alpha value is -1.88. The smallest absolute Gasteiger partial charge is 0.168 e. The molecule has 0 bridgehead atoms. The molecule has 1 aromatic carbocycles. The molecule has 0 unspecified atom stereocenters. The molecular formula is C14H16N2O2S. The predicted octanol–water partition coefficient (Wildman–Crippen LogP) is 2.37. The van der Waals surface area contributed by atoms with E-state index in [1.54, 1.807) is 42.7 Å². The molecule has 2 rings (SSSR count). The van der Waals surface area contributed by atoms with Crippen LogP contribution in [0.5, 0.6) is 0 Å². The Labute approximate surface area is 113 Å². The maximum atomic E-state index is 12.1. The van der Waals surface area contributed by atoms with Crippen molar-refractivity contribution in [2.75, 3.05) is 0 Å². The molecule has 0 fully saturated rings. The molecule has 2 aromatic rings. The zero-order valence-corrected chi connectivity index (χ0v) is 11.8. The fraction of sp³-hybridized carbons (Fsp3) is 0.214. The standard InChI is InChI=1S/C14H16N2O2S/c1-3-13-5-4-10-16(11-13)15-19(17,18)14-8-6-12(2)7-9-14/h4-11H,3H2,1-2H3. The average Bonchev–Trinajstić information content (AvgIpc) is 2.39. The van der Waals surface area contributed by atoms with Crippen LogP contribution in [-0.4, -0.2) is 8.42 Å². The van der Waals surface area contributed by atoms with E-state index in [9.17, 15) is 8.42 Å². The van der Waals surface area contributed by atoms with Gasteiger partial charge in [-0.1, -0.05) is 24.6 Å². The van der Waals surface area contributed by atoms with Crippen LogP contribution in [0.3, 0.4) is 0 Å². The third-order valence-corrected chi connectivity index (χ3v) is 4.05. The van der Waals surface area contributed by atoms with Gasteiger partial charge in [0.05, 0.1) is 4.90 Å². The van der Waals surface area contributed by atoms with Gasteiger partial charge in [-0.3, -0.25) is 0 Å². The van der Waals surface area contributed by atoms with Crippen LogP contribution in [0.15, 0.2) is 53.7 Å². The van der Waals surface area contributed by atoms with Crippen molar-refractivity contribution >= 4 is 10.0 Å². The molecule has 0 saturated heterocycles. The van der Waals surface area contributed by atoms with Gasteiger partial charge in [-0.25, -0.2) is 13.1 Å². The van der Waals surface area contributed by atoms with Crippen molar-refractivity contribution < 1.29 is 13.1 Å². The van der Waals surface area contributed by atoms with Gasteiger partial charge in [0.25, 0.3) is 0 Å². The van der Waals surface area contributed by atoms with E-state index in [-0.39, 0.29) is 4.90 Å². The van der Waals surface area contributed by atoms with E-state index >= 15 is 0 Å². The van der Waals surface area contributed by atoms with Crippen LogP contribution in [0.4, 0.5) is 0 Å². The summed E-state index contributed by atoms with van der Waals surface area (Å²) in [6.07, 6.45) is 4.16. The molecule has 0 atom stereocenters. The molecule has 1 heterocycles. The van der Waals surface area contributed by atoms with E-state index in [1.165, 1.54) is 4.68 Å². The number of pyridine rings is 1. The highest BCUT2D eigenvalue weighted by atomic mass is 32.2. The minimum absolute atomic E-state index is 0.201. The summed E-state index contributed by atoms with van der Waals surface area (Å²) < 4.78 is 25.6. The Morgan fingerprint density at radius 1 is 1.16 bits per heavy atom. The molecule has 0 spiro atoms. The highest BCUT2D eigenvalue weighted by Gasteiger charge is 2.08. The van der Waals surface area contributed by atoms with Gasteiger partial charge in [-0.05, 0) is 31.5 Å². The lowest BCUT2D eigenvalue weighted by Gasteiger charge is -2.14. The van der Waals surface area contributed by atoms with Crippen molar-refractivity contribution in [2.24, 2.45) is 0 Å². The monoisotopic (exact) mass is 276 g/mol. The SMILES string of the molecule is CCc1ccc[n+]([N-]S(=O)(=O)c2ccc(C)cc2)c1. The molecule has 1 aromatic heterocycles. The normalized spacial score (nSPS) is 11.3. The van der Waals surface area contributed by atoms with Crippen molar-refractivity contribution in [2.45, 2.75) is 25.2 Å². The van der Waals surface area contributed by atoms with Gasteiger partial charge >= 0.3 is 0 Å². The van der Waals surface area contributed by atoms with E-state index in [1.807, 2.05) is 19.9 Å². The van der Waals surface area contributed by atoms with E-state index in [4.69, 9.17) is 0 Å². The first kappa shape index (κ1) is 13.5. The quantitative estimate of drug-likeness (QED) is 0.805. The first-order chi connectivity index (χ1) is 9.01. The lowest BCUT2D eigenvalue weighted by Crippen LogP contribution is -2.31. The summed E-state index contributed by atoms with van der Waals surface area (Å²) >= 11 is 0. The molecule has 19 heavy (non-hydrogen) atoms. The van der Waals surface area contributed by atoms with E-state index in [2.05, 4.69) is 4.83 Å². The zero-order chi connectivity index (χ0) is 13.9. The van der Waals surface area contributed by atoms with Crippen molar-refractivity contribution in [1.82, 2.24) is 0 Å². The van der Waals surface area contributed by atoms with E-state index < -0.39 is 10.0 Å². The van der Waals surface area contributed by atoms with Crippen LogP contribution in [0.2, 0.25) is 0 Å². The summed E-state index contributed by atoms with van der Waals surface area (Å²) in [6.45, 7) is 3.92. The third-order valence-electron chi connectivity index (χ3n) is 2.78. The molecule has 0 amide bonds. The van der Waals surface area contributed by atoms with Crippen LogP contribution in [0.1, 0.15) is 18.1 Å².